The van der Waals surface area contributed by atoms with E-state index in [0.717, 1.165) is 13.0 Å². The maximum absolute atomic E-state index is 10.7. The van der Waals surface area contributed by atoms with Crippen molar-refractivity contribution in [2.75, 3.05) is 18.6 Å². The molecule has 1 aromatic rings. The molecular weight excluding hydrogens is 210 g/mol. The number of furan rings is 1. The van der Waals surface area contributed by atoms with E-state index in [1.165, 1.54) is 6.07 Å². The summed E-state index contributed by atoms with van der Waals surface area (Å²) in [5.41, 5.74) is 0. The fourth-order valence-corrected chi connectivity index (χ4v) is 2.02. The van der Waals surface area contributed by atoms with Crippen molar-refractivity contribution in [3.05, 3.63) is 17.9 Å². The Labute approximate surface area is 93.6 Å². The third-order valence-corrected chi connectivity index (χ3v) is 2.98. The molecule has 1 aromatic heterocycles. The normalized spacial score (nSPS) is 24.6. The second-order valence-corrected chi connectivity index (χ2v) is 3.99. The second-order valence-electron chi connectivity index (χ2n) is 3.99. The monoisotopic (exact) mass is 225 g/mol. The predicted molar refractivity (Wildman–Crippen MR) is 57.9 cm³/mol. The number of nitrogens with zero attached hydrogens (tertiary/aromatic N) is 1. The highest BCUT2D eigenvalue weighted by Crippen LogP contribution is 2.25. The fraction of sp³-hybridized carbons (Fsp3) is 0.545. The molecule has 1 fully saturated rings. The predicted octanol–water partition coefficient (Wildman–Crippen LogP) is 1.59. The highest BCUT2D eigenvalue weighted by Gasteiger charge is 2.29. The van der Waals surface area contributed by atoms with Gasteiger partial charge in [0, 0.05) is 19.7 Å². The second kappa shape index (κ2) is 4.17. The van der Waals surface area contributed by atoms with Gasteiger partial charge in [0.2, 0.25) is 5.76 Å². The van der Waals surface area contributed by atoms with Crippen LogP contribution in [0.3, 0.4) is 0 Å². The maximum Gasteiger partial charge on any atom is 0.371 e. The van der Waals surface area contributed by atoms with Gasteiger partial charge < -0.3 is 19.2 Å². The van der Waals surface area contributed by atoms with Crippen molar-refractivity contribution in [2.24, 2.45) is 0 Å². The molecule has 0 radical (unpaired) electrons. The number of likely N-dealkylation sites (N-methyl/N-ethyl adjacent to an activating group) is 1. The van der Waals surface area contributed by atoms with E-state index in [2.05, 4.69) is 0 Å². The van der Waals surface area contributed by atoms with Crippen molar-refractivity contribution in [3.8, 4) is 0 Å². The number of carboxylic acids is 1. The first-order chi connectivity index (χ1) is 7.59. The number of anilines is 1. The summed E-state index contributed by atoms with van der Waals surface area (Å²) < 4.78 is 10.7. The van der Waals surface area contributed by atoms with Crippen LogP contribution in [0.4, 0.5) is 5.88 Å². The molecule has 2 heterocycles. The molecule has 5 nitrogen and oxygen atoms in total. The first kappa shape index (κ1) is 11.0. The van der Waals surface area contributed by atoms with Gasteiger partial charge in [0.1, 0.15) is 0 Å². The Bertz CT molecular complexity index is 387. The number of hydrogen-bond acceptors (Lipinski definition) is 4. The molecular formula is C11H15NO4. The highest BCUT2D eigenvalue weighted by atomic mass is 16.5. The van der Waals surface area contributed by atoms with Gasteiger partial charge in [-0.25, -0.2) is 4.79 Å². The zero-order valence-electron chi connectivity index (χ0n) is 9.34. The van der Waals surface area contributed by atoms with E-state index in [-0.39, 0.29) is 17.9 Å². The molecule has 2 atom stereocenters. The molecule has 0 bridgehead atoms. The molecule has 0 spiro atoms. The Morgan fingerprint density at radius 3 is 2.81 bits per heavy atom. The number of hydrogen-bond donors (Lipinski definition) is 1. The zero-order valence-corrected chi connectivity index (χ0v) is 9.34. The summed E-state index contributed by atoms with van der Waals surface area (Å²) in [7, 11) is 1.89. The standard InChI is InChI=1S/C11H15NO4/c1-7-8(5-6-15-7)12(2)10-4-3-9(16-10)11(13)14/h3-4,7-8H,5-6H2,1-2H3,(H,13,14). The average Bonchev–Trinajstić information content (AvgIpc) is 2.84. The summed E-state index contributed by atoms with van der Waals surface area (Å²) in [5, 5.41) is 8.76. The van der Waals surface area contributed by atoms with Crippen molar-refractivity contribution in [1.29, 1.82) is 0 Å². The third-order valence-electron chi connectivity index (χ3n) is 2.98. The van der Waals surface area contributed by atoms with Crippen molar-refractivity contribution < 1.29 is 19.1 Å². The topological polar surface area (TPSA) is 62.9 Å². The van der Waals surface area contributed by atoms with Crippen LogP contribution in [0.5, 0.6) is 0 Å². The van der Waals surface area contributed by atoms with E-state index in [1.54, 1.807) is 6.07 Å². The van der Waals surface area contributed by atoms with Gasteiger partial charge in [0.15, 0.2) is 5.88 Å². The maximum atomic E-state index is 10.7. The van der Waals surface area contributed by atoms with Gasteiger partial charge in [-0.3, -0.25) is 0 Å². The lowest BCUT2D eigenvalue weighted by Crippen LogP contribution is -2.36. The largest absolute Gasteiger partial charge is 0.475 e. The van der Waals surface area contributed by atoms with Gasteiger partial charge in [-0.1, -0.05) is 0 Å². The van der Waals surface area contributed by atoms with Crippen LogP contribution < -0.4 is 4.90 Å². The molecule has 1 N–H and O–H groups in total. The molecule has 0 saturated carbocycles. The summed E-state index contributed by atoms with van der Waals surface area (Å²) in [4.78, 5) is 12.6. The summed E-state index contributed by atoms with van der Waals surface area (Å²) in [5.74, 6) is -0.511. The number of carboxylic acid groups (broad SMARTS) is 1. The average molecular weight is 225 g/mol. The summed E-state index contributed by atoms with van der Waals surface area (Å²) in [6.07, 6.45) is 1.07. The molecule has 1 aliphatic rings. The van der Waals surface area contributed by atoms with Gasteiger partial charge in [-0.2, -0.15) is 0 Å². The number of carbonyl (C=O) groups is 1. The molecule has 5 heteroatoms. The number of aromatic carboxylic acids is 1. The highest BCUT2D eigenvalue weighted by molar-refractivity contribution is 5.84. The first-order valence-corrected chi connectivity index (χ1v) is 5.27. The lowest BCUT2D eigenvalue weighted by molar-refractivity contribution is 0.0663. The first-order valence-electron chi connectivity index (χ1n) is 5.27. The van der Waals surface area contributed by atoms with E-state index >= 15 is 0 Å². The van der Waals surface area contributed by atoms with Crippen LogP contribution >= 0.6 is 0 Å². The number of ether oxygens (including phenoxy) is 1. The van der Waals surface area contributed by atoms with Crippen molar-refractivity contribution in [2.45, 2.75) is 25.5 Å². The fourth-order valence-electron chi connectivity index (χ4n) is 2.02. The summed E-state index contributed by atoms with van der Waals surface area (Å²) in [6.45, 7) is 2.75. The van der Waals surface area contributed by atoms with Crippen molar-refractivity contribution >= 4 is 11.9 Å². The lowest BCUT2D eigenvalue weighted by Gasteiger charge is -2.26. The van der Waals surface area contributed by atoms with Gasteiger partial charge in [-0.05, 0) is 19.4 Å². The van der Waals surface area contributed by atoms with E-state index < -0.39 is 5.97 Å². The Balaban J connectivity index is 2.13. The minimum Gasteiger partial charge on any atom is -0.475 e. The molecule has 0 aromatic carbocycles. The third kappa shape index (κ3) is 1.90. The van der Waals surface area contributed by atoms with Crippen LogP contribution in [-0.2, 0) is 4.74 Å². The lowest BCUT2D eigenvalue weighted by atomic mass is 10.1. The van der Waals surface area contributed by atoms with Crippen LogP contribution in [-0.4, -0.2) is 36.9 Å². The Morgan fingerprint density at radius 2 is 2.31 bits per heavy atom. The summed E-state index contributed by atoms with van der Waals surface area (Å²) >= 11 is 0. The van der Waals surface area contributed by atoms with Crippen LogP contribution in [0.15, 0.2) is 16.5 Å². The Hall–Kier alpha value is -1.49. The molecule has 2 rings (SSSR count). The van der Waals surface area contributed by atoms with Gasteiger partial charge in [0.05, 0.1) is 12.1 Å². The molecule has 16 heavy (non-hydrogen) atoms. The van der Waals surface area contributed by atoms with E-state index in [9.17, 15) is 4.79 Å². The molecule has 0 aliphatic carbocycles. The minimum absolute atomic E-state index is 0.0339. The molecule has 88 valence electrons. The van der Waals surface area contributed by atoms with E-state index in [0.29, 0.717) is 5.88 Å². The smallest absolute Gasteiger partial charge is 0.371 e. The van der Waals surface area contributed by atoms with E-state index in [4.69, 9.17) is 14.3 Å². The summed E-state index contributed by atoms with van der Waals surface area (Å²) in [6, 6.07) is 3.39. The van der Waals surface area contributed by atoms with Gasteiger partial charge in [0.25, 0.3) is 0 Å². The number of rotatable bonds is 3. The molecule has 2 unspecified atom stereocenters. The quantitative estimate of drug-likeness (QED) is 0.846. The Morgan fingerprint density at radius 1 is 1.56 bits per heavy atom. The zero-order chi connectivity index (χ0) is 11.7. The molecule has 1 saturated heterocycles. The van der Waals surface area contributed by atoms with Crippen LogP contribution in [0, 0.1) is 0 Å². The van der Waals surface area contributed by atoms with Gasteiger partial charge in [-0.15, -0.1) is 0 Å². The minimum atomic E-state index is -1.05. The SMILES string of the molecule is CC1OCCC1N(C)c1ccc(C(=O)O)o1. The van der Waals surface area contributed by atoms with Crippen molar-refractivity contribution in [1.82, 2.24) is 0 Å². The van der Waals surface area contributed by atoms with Gasteiger partial charge >= 0.3 is 5.97 Å². The van der Waals surface area contributed by atoms with Crippen LogP contribution in [0.2, 0.25) is 0 Å². The van der Waals surface area contributed by atoms with Crippen molar-refractivity contribution in [3.63, 3.8) is 0 Å². The molecule has 1 aliphatic heterocycles. The Kier molecular flexibility index (Phi) is 2.87. The van der Waals surface area contributed by atoms with Crippen LogP contribution in [0.1, 0.15) is 23.9 Å². The molecule has 0 amide bonds. The van der Waals surface area contributed by atoms with Crippen LogP contribution in [0.25, 0.3) is 0 Å². The van der Waals surface area contributed by atoms with E-state index in [1.807, 2.05) is 18.9 Å².